The molecule has 2 unspecified atom stereocenters. The molecule has 2 heteroatoms. The van der Waals surface area contributed by atoms with Crippen LogP contribution in [0.1, 0.15) is 26.3 Å². The van der Waals surface area contributed by atoms with Crippen molar-refractivity contribution in [3.63, 3.8) is 0 Å². The fraction of sp³-hybridized carbons (Fsp3) is 0.600. The smallest absolute Gasteiger partial charge is 0.0390 e. The molecule has 17 heavy (non-hydrogen) atoms. The van der Waals surface area contributed by atoms with Crippen molar-refractivity contribution < 1.29 is 0 Å². The quantitative estimate of drug-likeness (QED) is 0.782. The van der Waals surface area contributed by atoms with E-state index in [2.05, 4.69) is 39.1 Å². The van der Waals surface area contributed by atoms with E-state index in [0.29, 0.717) is 0 Å². The van der Waals surface area contributed by atoms with Gasteiger partial charge in [0.1, 0.15) is 0 Å². The van der Waals surface area contributed by atoms with Crippen LogP contribution in [0.15, 0.2) is 18.2 Å². The van der Waals surface area contributed by atoms with Crippen LogP contribution in [0, 0.1) is 30.6 Å². The molecule has 2 atom stereocenters. The predicted octanol–water partition coefficient (Wildman–Crippen LogP) is 3.53. The third-order valence-corrected chi connectivity index (χ3v) is 4.80. The van der Waals surface area contributed by atoms with E-state index in [4.69, 9.17) is 5.73 Å². The molecule has 1 aromatic rings. The number of nitrogen functional groups attached to an aromatic ring is 1. The molecule has 0 bridgehead atoms. The maximum atomic E-state index is 5.82. The molecule has 0 amide bonds. The molecular formula is C15H24N2. The molecule has 3 N–H and O–H groups in total. The lowest BCUT2D eigenvalue weighted by atomic mass is 9.59. The number of rotatable bonds is 3. The third-order valence-electron chi connectivity index (χ3n) is 4.80. The van der Waals surface area contributed by atoms with E-state index in [1.165, 1.54) is 11.3 Å². The van der Waals surface area contributed by atoms with Gasteiger partial charge in [0.05, 0.1) is 0 Å². The van der Waals surface area contributed by atoms with E-state index in [9.17, 15) is 0 Å². The van der Waals surface area contributed by atoms with E-state index < -0.39 is 0 Å². The molecule has 1 aromatic carbocycles. The van der Waals surface area contributed by atoms with Crippen LogP contribution in [0.2, 0.25) is 0 Å². The largest absolute Gasteiger partial charge is 0.399 e. The predicted molar refractivity (Wildman–Crippen MR) is 75.1 cm³/mol. The van der Waals surface area contributed by atoms with E-state index in [-0.39, 0.29) is 0 Å². The summed E-state index contributed by atoms with van der Waals surface area (Å²) < 4.78 is 0. The van der Waals surface area contributed by atoms with Crippen molar-refractivity contribution in [1.82, 2.24) is 0 Å². The molecule has 0 aromatic heterocycles. The lowest BCUT2D eigenvalue weighted by molar-refractivity contribution is 0.0258. The molecule has 0 aliphatic heterocycles. The molecule has 1 aliphatic rings. The zero-order chi connectivity index (χ0) is 12.6. The Morgan fingerprint density at radius 3 is 2.41 bits per heavy atom. The van der Waals surface area contributed by atoms with Crippen LogP contribution < -0.4 is 11.1 Å². The van der Waals surface area contributed by atoms with Crippen LogP contribution in [-0.4, -0.2) is 6.54 Å². The van der Waals surface area contributed by atoms with Crippen molar-refractivity contribution in [2.24, 2.45) is 23.7 Å². The molecule has 1 saturated carbocycles. The average Bonchev–Trinajstić information content (AvgIpc) is 2.32. The highest BCUT2D eigenvalue weighted by atomic mass is 14.9. The zero-order valence-corrected chi connectivity index (χ0v) is 11.3. The van der Waals surface area contributed by atoms with Gasteiger partial charge in [-0.3, -0.25) is 0 Å². The Bertz CT molecular complexity index is 390. The van der Waals surface area contributed by atoms with Gasteiger partial charge in [-0.2, -0.15) is 0 Å². The highest BCUT2D eigenvalue weighted by Gasteiger charge is 2.41. The summed E-state index contributed by atoms with van der Waals surface area (Å²) in [6.45, 7) is 10.3. The fourth-order valence-corrected chi connectivity index (χ4v) is 3.02. The van der Waals surface area contributed by atoms with Crippen LogP contribution in [0.25, 0.3) is 0 Å². The van der Waals surface area contributed by atoms with Crippen LogP contribution in [0.4, 0.5) is 11.4 Å². The van der Waals surface area contributed by atoms with Gasteiger partial charge in [-0.05, 0) is 48.3 Å². The van der Waals surface area contributed by atoms with Crippen molar-refractivity contribution in [1.29, 1.82) is 0 Å². The normalized spacial score (nSPS) is 32.0. The summed E-state index contributed by atoms with van der Waals surface area (Å²) in [6.07, 6.45) is 0. The van der Waals surface area contributed by atoms with Crippen LogP contribution in [-0.2, 0) is 0 Å². The molecule has 2 rings (SSSR count). The SMILES string of the molecule is Cc1ccc(N)cc1NCC1C(C)C(C)C1C. The van der Waals surface area contributed by atoms with E-state index in [1.54, 1.807) is 0 Å². The van der Waals surface area contributed by atoms with Gasteiger partial charge in [-0.25, -0.2) is 0 Å². The minimum atomic E-state index is 0.797. The molecule has 0 spiro atoms. The van der Waals surface area contributed by atoms with E-state index >= 15 is 0 Å². The topological polar surface area (TPSA) is 38.0 Å². The first-order valence-corrected chi connectivity index (χ1v) is 6.60. The van der Waals surface area contributed by atoms with Gasteiger partial charge in [0.2, 0.25) is 0 Å². The monoisotopic (exact) mass is 232 g/mol. The minimum absolute atomic E-state index is 0.797. The standard InChI is InChI=1S/C15H24N2/c1-9-5-6-13(16)7-15(9)17-8-14-11(3)10(2)12(14)4/h5-7,10-12,14,17H,8,16H2,1-4H3. The van der Waals surface area contributed by atoms with Gasteiger partial charge in [0.15, 0.2) is 0 Å². The molecule has 0 heterocycles. The summed E-state index contributed by atoms with van der Waals surface area (Å²) in [5.41, 5.74) is 9.11. The fourth-order valence-electron chi connectivity index (χ4n) is 3.02. The molecule has 94 valence electrons. The van der Waals surface area contributed by atoms with Gasteiger partial charge in [0, 0.05) is 17.9 Å². The zero-order valence-electron chi connectivity index (χ0n) is 11.3. The number of nitrogens with one attached hydrogen (secondary N) is 1. The second-order valence-corrected chi connectivity index (χ2v) is 5.70. The number of anilines is 2. The Balaban J connectivity index is 1.96. The van der Waals surface area contributed by atoms with E-state index in [0.717, 1.165) is 35.9 Å². The molecular weight excluding hydrogens is 208 g/mol. The number of benzene rings is 1. The summed E-state index contributed by atoms with van der Waals surface area (Å²) in [6, 6.07) is 6.07. The Kier molecular flexibility index (Phi) is 3.32. The average molecular weight is 232 g/mol. The maximum absolute atomic E-state index is 5.82. The summed E-state index contributed by atoms with van der Waals surface area (Å²) in [5, 5.41) is 3.56. The van der Waals surface area contributed by atoms with Gasteiger partial charge >= 0.3 is 0 Å². The van der Waals surface area contributed by atoms with Gasteiger partial charge < -0.3 is 11.1 Å². The molecule has 1 fully saturated rings. The lowest BCUT2D eigenvalue weighted by Gasteiger charge is -2.48. The van der Waals surface area contributed by atoms with Gasteiger partial charge in [0.25, 0.3) is 0 Å². The maximum Gasteiger partial charge on any atom is 0.0390 e. The second-order valence-electron chi connectivity index (χ2n) is 5.70. The minimum Gasteiger partial charge on any atom is -0.399 e. The van der Waals surface area contributed by atoms with Crippen molar-refractivity contribution in [3.8, 4) is 0 Å². The van der Waals surface area contributed by atoms with Crippen molar-refractivity contribution in [3.05, 3.63) is 23.8 Å². The molecule has 2 nitrogen and oxygen atoms in total. The summed E-state index contributed by atoms with van der Waals surface area (Å²) >= 11 is 0. The number of hydrogen-bond donors (Lipinski definition) is 2. The highest BCUT2D eigenvalue weighted by molar-refractivity contribution is 5.59. The van der Waals surface area contributed by atoms with Crippen LogP contribution in [0.5, 0.6) is 0 Å². The van der Waals surface area contributed by atoms with Crippen molar-refractivity contribution in [2.75, 3.05) is 17.6 Å². The van der Waals surface area contributed by atoms with Crippen LogP contribution >= 0.6 is 0 Å². The van der Waals surface area contributed by atoms with E-state index in [1.807, 2.05) is 12.1 Å². The van der Waals surface area contributed by atoms with Crippen molar-refractivity contribution >= 4 is 11.4 Å². The molecule has 0 radical (unpaired) electrons. The lowest BCUT2D eigenvalue weighted by Crippen LogP contribution is -2.45. The Labute approximate surface area is 105 Å². The molecule has 0 saturated heterocycles. The number of nitrogens with two attached hydrogens (primary N) is 1. The molecule has 1 aliphatic carbocycles. The number of aryl methyl sites for hydroxylation is 1. The first-order chi connectivity index (χ1) is 8.00. The summed E-state index contributed by atoms with van der Waals surface area (Å²) in [7, 11) is 0. The number of hydrogen-bond acceptors (Lipinski definition) is 2. The first-order valence-electron chi connectivity index (χ1n) is 6.60. The summed E-state index contributed by atoms with van der Waals surface area (Å²) in [4.78, 5) is 0. The summed E-state index contributed by atoms with van der Waals surface area (Å²) in [5.74, 6) is 3.33. The second kappa shape index (κ2) is 4.59. The Morgan fingerprint density at radius 1 is 1.12 bits per heavy atom. The Hall–Kier alpha value is -1.18. The van der Waals surface area contributed by atoms with Crippen LogP contribution in [0.3, 0.4) is 0 Å². The van der Waals surface area contributed by atoms with Gasteiger partial charge in [-0.1, -0.05) is 26.8 Å². The third kappa shape index (κ3) is 2.26. The van der Waals surface area contributed by atoms with Crippen molar-refractivity contribution in [2.45, 2.75) is 27.7 Å². The van der Waals surface area contributed by atoms with Gasteiger partial charge in [-0.15, -0.1) is 0 Å². The first kappa shape index (κ1) is 12.3. The highest BCUT2D eigenvalue weighted by Crippen LogP contribution is 2.45. The Morgan fingerprint density at radius 2 is 1.76 bits per heavy atom.